The Morgan fingerprint density at radius 1 is 1.47 bits per heavy atom. The molecular weight excluding hydrogens is 240 g/mol. The number of aliphatic hydroxyl groups excluding tert-OH is 1. The second-order valence-corrected chi connectivity index (χ2v) is 4.80. The molecule has 0 amide bonds. The SMILES string of the molecule is CC1CCC(COc2ccc(Cl)cc2CO)O1. The molecule has 1 aromatic rings. The summed E-state index contributed by atoms with van der Waals surface area (Å²) < 4.78 is 11.3. The molecule has 17 heavy (non-hydrogen) atoms. The third kappa shape index (κ3) is 3.35. The van der Waals surface area contributed by atoms with Crippen LogP contribution in [0.1, 0.15) is 25.3 Å². The molecule has 1 aliphatic rings. The van der Waals surface area contributed by atoms with Crippen LogP contribution in [0.3, 0.4) is 0 Å². The van der Waals surface area contributed by atoms with Crippen molar-refractivity contribution in [3.05, 3.63) is 28.8 Å². The second kappa shape index (κ2) is 5.71. The molecule has 2 unspecified atom stereocenters. The maximum Gasteiger partial charge on any atom is 0.125 e. The van der Waals surface area contributed by atoms with E-state index in [0.717, 1.165) is 12.8 Å². The molecule has 2 rings (SSSR count). The van der Waals surface area contributed by atoms with E-state index in [4.69, 9.17) is 21.1 Å². The van der Waals surface area contributed by atoms with Crippen molar-refractivity contribution in [2.45, 2.75) is 38.6 Å². The molecule has 0 aromatic heterocycles. The molecular formula is C13H17ClO3. The molecule has 1 aliphatic heterocycles. The van der Waals surface area contributed by atoms with Gasteiger partial charge in [-0.2, -0.15) is 0 Å². The van der Waals surface area contributed by atoms with E-state index in [1.807, 2.05) is 0 Å². The van der Waals surface area contributed by atoms with Crippen LogP contribution < -0.4 is 4.74 Å². The third-order valence-electron chi connectivity index (χ3n) is 2.94. The van der Waals surface area contributed by atoms with E-state index in [1.165, 1.54) is 0 Å². The monoisotopic (exact) mass is 256 g/mol. The van der Waals surface area contributed by atoms with E-state index >= 15 is 0 Å². The molecule has 4 heteroatoms. The first-order valence-corrected chi connectivity index (χ1v) is 6.24. The minimum absolute atomic E-state index is 0.0716. The first-order chi connectivity index (χ1) is 8.19. The zero-order valence-corrected chi connectivity index (χ0v) is 10.6. The molecule has 0 spiro atoms. The highest BCUT2D eigenvalue weighted by Crippen LogP contribution is 2.25. The predicted octanol–water partition coefficient (Wildman–Crippen LogP) is 2.78. The van der Waals surface area contributed by atoms with Crippen LogP contribution in [0.4, 0.5) is 0 Å². The van der Waals surface area contributed by atoms with Crippen LogP contribution in [0, 0.1) is 0 Å². The molecule has 1 aromatic carbocycles. The fourth-order valence-electron chi connectivity index (χ4n) is 2.00. The number of benzene rings is 1. The van der Waals surface area contributed by atoms with Gasteiger partial charge in [-0.3, -0.25) is 0 Å². The summed E-state index contributed by atoms with van der Waals surface area (Å²) in [5.41, 5.74) is 0.712. The van der Waals surface area contributed by atoms with Crippen molar-refractivity contribution < 1.29 is 14.6 Å². The van der Waals surface area contributed by atoms with Crippen molar-refractivity contribution in [3.63, 3.8) is 0 Å². The normalized spacial score (nSPS) is 23.9. The summed E-state index contributed by atoms with van der Waals surface area (Å²) in [6.07, 6.45) is 2.60. The quantitative estimate of drug-likeness (QED) is 0.900. The van der Waals surface area contributed by atoms with Crippen LogP contribution >= 0.6 is 11.6 Å². The molecule has 0 saturated carbocycles. The Morgan fingerprint density at radius 3 is 2.94 bits per heavy atom. The summed E-state index contributed by atoms with van der Waals surface area (Å²) in [6, 6.07) is 5.26. The largest absolute Gasteiger partial charge is 0.491 e. The minimum atomic E-state index is -0.0716. The summed E-state index contributed by atoms with van der Waals surface area (Å²) in [5.74, 6) is 0.681. The van der Waals surface area contributed by atoms with Gasteiger partial charge in [-0.05, 0) is 38.0 Å². The van der Waals surface area contributed by atoms with Gasteiger partial charge in [0, 0.05) is 10.6 Å². The third-order valence-corrected chi connectivity index (χ3v) is 3.17. The molecule has 0 bridgehead atoms. The highest BCUT2D eigenvalue weighted by atomic mass is 35.5. The lowest BCUT2D eigenvalue weighted by Crippen LogP contribution is -2.18. The molecule has 0 radical (unpaired) electrons. The smallest absolute Gasteiger partial charge is 0.125 e. The van der Waals surface area contributed by atoms with Crippen LogP contribution in [0.25, 0.3) is 0 Å². The lowest BCUT2D eigenvalue weighted by atomic mass is 10.2. The van der Waals surface area contributed by atoms with Crippen molar-refractivity contribution in [1.29, 1.82) is 0 Å². The predicted molar refractivity (Wildman–Crippen MR) is 66.4 cm³/mol. The van der Waals surface area contributed by atoms with Crippen molar-refractivity contribution in [3.8, 4) is 5.75 Å². The highest BCUT2D eigenvalue weighted by Gasteiger charge is 2.22. The summed E-state index contributed by atoms with van der Waals surface area (Å²) in [7, 11) is 0. The zero-order chi connectivity index (χ0) is 12.3. The van der Waals surface area contributed by atoms with Crippen LogP contribution in [0.5, 0.6) is 5.75 Å². The van der Waals surface area contributed by atoms with E-state index < -0.39 is 0 Å². The Hall–Kier alpha value is -0.770. The molecule has 0 aliphatic carbocycles. The molecule has 2 atom stereocenters. The molecule has 1 fully saturated rings. The fraction of sp³-hybridized carbons (Fsp3) is 0.538. The van der Waals surface area contributed by atoms with E-state index in [1.54, 1.807) is 18.2 Å². The van der Waals surface area contributed by atoms with Crippen LogP contribution in [-0.4, -0.2) is 23.9 Å². The van der Waals surface area contributed by atoms with Crippen LogP contribution in [0.2, 0.25) is 5.02 Å². The van der Waals surface area contributed by atoms with Gasteiger partial charge < -0.3 is 14.6 Å². The minimum Gasteiger partial charge on any atom is -0.491 e. The van der Waals surface area contributed by atoms with Gasteiger partial charge in [0.2, 0.25) is 0 Å². The molecule has 3 nitrogen and oxygen atoms in total. The van der Waals surface area contributed by atoms with Gasteiger partial charge in [0.1, 0.15) is 12.4 Å². The van der Waals surface area contributed by atoms with Gasteiger partial charge in [-0.25, -0.2) is 0 Å². The molecule has 1 heterocycles. The highest BCUT2D eigenvalue weighted by molar-refractivity contribution is 6.30. The van der Waals surface area contributed by atoms with Crippen molar-refractivity contribution >= 4 is 11.6 Å². The topological polar surface area (TPSA) is 38.7 Å². The Labute approximate surface area is 106 Å². The number of halogens is 1. The van der Waals surface area contributed by atoms with E-state index in [0.29, 0.717) is 29.0 Å². The maximum atomic E-state index is 9.21. The Morgan fingerprint density at radius 2 is 2.29 bits per heavy atom. The van der Waals surface area contributed by atoms with Gasteiger partial charge in [0.05, 0.1) is 18.8 Å². The van der Waals surface area contributed by atoms with E-state index in [-0.39, 0.29) is 12.7 Å². The first-order valence-electron chi connectivity index (χ1n) is 5.86. The van der Waals surface area contributed by atoms with Gasteiger partial charge in [0.25, 0.3) is 0 Å². The number of hydrogen-bond donors (Lipinski definition) is 1. The van der Waals surface area contributed by atoms with Gasteiger partial charge in [-0.1, -0.05) is 11.6 Å². The number of hydrogen-bond acceptors (Lipinski definition) is 3. The van der Waals surface area contributed by atoms with Crippen molar-refractivity contribution in [2.75, 3.05) is 6.61 Å². The molecule has 1 N–H and O–H groups in total. The fourth-order valence-corrected chi connectivity index (χ4v) is 2.20. The molecule has 1 saturated heterocycles. The van der Waals surface area contributed by atoms with Crippen molar-refractivity contribution in [1.82, 2.24) is 0 Å². The summed E-state index contributed by atoms with van der Waals surface area (Å²) in [4.78, 5) is 0. The van der Waals surface area contributed by atoms with Gasteiger partial charge in [0.15, 0.2) is 0 Å². The Bertz CT molecular complexity index is 381. The van der Waals surface area contributed by atoms with Gasteiger partial charge >= 0.3 is 0 Å². The lowest BCUT2D eigenvalue weighted by Gasteiger charge is -2.14. The average molecular weight is 257 g/mol. The van der Waals surface area contributed by atoms with Crippen molar-refractivity contribution in [2.24, 2.45) is 0 Å². The number of rotatable bonds is 4. The summed E-state index contributed by atoms with van der Waals surface area (Å²) in [5, 5.41) is 9.81. The van der Waals surface area contributed by atoms with Crippen LogP contribution in [0.15, 0.2) is 18.2 Å². The zero-order valence-electron chi connectivity index (χ0n) is 9.86. The summed E-state index contributed by atoms with van der Waals surface area (Å²) in [6.45, 7) is 2.53. The van der Waals surface area contributed by atoms with E-state index in [9.17, 15) is 5.11 Å². The first kappa shape index (κ1) is 12.7. The maximum absolute atomic E-state index is 9.21. The summed E-state index contributed by atoms with van der Waals surface area (Å²) >= 11 is 5.85. The van der Waals surface area contributed by atoms with Gasteiger partial charge in [-0.15, -0.1) is 0 Å². The standard InChI is InChI=1S/C13H17ClO3/c1-9-2-4-12(17-9)8-16-13-5-3-11(14)6-10(13)7-15/h3,5-6,9,12,15H,2,4,7-8H2,1H3. The Kier molecular flexibility index (Phi) is 4.26. The average Bonchev–Trinajstić information content (AvgIpc) is 2.73. The number of aliphatic hydroxyl groups is 1. The van der Waals surface area contributed by atoms with E-state index in [2.05, 4.69) is 6.92 Å². The van der Waals surface area contributed by atoms with Crippen LogP contribution in [-0.2, 0) is 11.3 Å². The number of ether oxygens (including phenoxy) is 2. The Balaban J connectivity index is 1.94. The lowest BCUT2D eigenvalue weighted by molar-refractivity contribution is 0.0260. The second-order valence-electron chi connectivity index (χ2n) is 4.37. The molecule has 94 valence electrons.